The zero-order valence-electron chi connectivity index (χ0n) is 14.7. The molecule has 0 radical (unpaired) electrons. The van der Waals surface area contributed by atoms with E-state index < -0.39 is 6.10 Å². The molecule has 134 valence electrons. The normalized spacial score (nSPS) is 12.5. The summed E-state index contributed by atoms with van der Waals surface area (Å²) in [4.78, 5) is 2.11. The Labute approximate surface area is 145 Å². The van der Waals surface area contributed by atoms with Gasteiger partial charge in [0.15, 0.2) is 6.29 Å². The first-order valence-corrected chi connectivity index (χ1v) is 8.38. The molecule has 0 spiro atoms. The summed E-state index contributed by atoms with van der Waals surface area (Å²) in [6.45, 7) is 7.18. The molecule has 0 bridgehead atoms. The Kier molecular flexibility index (Phi) is 11.1. The van der Waals surface area contributed by atoms with E-state index in [1.54, 1.807) is 0 Å². The van der Waals surface area contributed by atoms with E-state index in [0.717, 1.165) is 0 Å². The van der Waals surface area contributed by atoms with Crippen molar-refractivity contribution in [3.8, 4) is 12.3 Å². The van der Waals surface area contributed by atoms with Gasteiger partial charge in [0, 0.05) is 32.8 Å². The molecule has 0 saturated carbocycles. The summed E-state index contributed by atoms with van der Waals surface area (Å²) >= 11 is 0. The molecule has 1 rings (SSSR count). The van der Waals surface area contributed by atoms with Gasteiger partial charge >= 0.3 is 0 Å². The summed E-state index contributed by atoms with van der Waals surface area (Å²) in [7, 11) is 0. The van der Waals surface area contributed by atoms with Gasteiger partial charge in [-0.15, -0.1) is 6.42 Å². The second-order valence-electron chi connectivity index (χ2n) is 5.39. The molecule has 0 fully saturated rings. The summed E-state index contributed by atoms with van der Waals surface area (Å²) in [6.07, 6.45) is 4.21. The first-order chi connectivity index (χ1) is 11.7. The maximum absolute atomic E-state index is 10.2. The number of aliphatic hydroxyl groups is 1. The van der Waals surface area contributed by atoms with Crippen LogP contribution in [0.5, 0.6) is 0 Å². The van der Waals surface area contributed by atoms with E-state index in [1.165, 1.54) is 5.56 Å². The largest absolute Gasteiger partial charge is 0.389 e. The van der Waals surface area contributed by atoms with Crippen LogP contribution in [0.3, 0.4) is 0 Å². The Morgan fingerprint density at radius 1 is 1.12 bits per heavy atom. The molecule has 0 heterocycles. The monoisotopic (exact) mass is 335 g/mol. The van der Waals surface area contributed by atoms with Crippen LogP contribution in [0.25, 0.3) is 0 Å². The summed E-state index contributed by atoms with van der Waals surface area (Å²) in [5, 5.41) is 10.2. The number of aliphatic hydroxyl groups excluding tert-OH is 1. The topological polar surface area (TPSA) is 51.2 Å². The molecule has 0 aliphatic rings. The molecule has 0 saturated heterocycles. The van der Waals surface area contributed by atoms with Crippen molar-refractivity contribution in [2.75, 3.05) is 39.5 Å². The minimum Gasteiger partial charge on any atom is -0.389 e. The second-order valence-corrected chi connectivity index (χ2v) is 5.39. The van der Waals surface area contributed by atoms with Crippen molar-refractivity contribution in [2.45, 2.75) is 32.8 Å². The van der Waals surface area contributed by atoms with Crippen molar-refractivity contribution >= 4 is 0 Å². The maximum Gasteiger partial charge on any atom is 0.170 e. The molecule has 1 atom stereocenters. The van der Waals surface area contributed by atoms with Crippen LogP contribution in [-0.2, 0) is 20.8 Å². The van der Waals surface area contributed by atoms with Crippen molar-refractivity contribution in [3.63, 3.8) is 0 Å². The lowest BCUT2D eigenvalue weighted by atomic mass is 10.2. The van der Waals surface area contributed by atoms with Gasteiger partial charge in [-0.05, 0) is 19.4 Å². The van der Waals surface area contributed by atoms with Gasteiger partial charge < -0.3 is 19.3 Å². The summed E-state index contributed by atoms with van der Waals surface area (Å²) in [6, 6.07) is 10.1. The van der Waals surface area contributed by atoms with Crippen LogP contribution in [0.4, 0.5) is 0 Å². The zero-order valence-corrected chi connectivity index (χ0v) is 14.7. The average molecular weight is 335 g/mol. The Morgan fingerprint density at radius 2 is 1.79 bits per heavy atom. The van der Waals surface area contributed by atoms with Gasteiger partial charge in [-0.25, -0.2) is 0 Å². The second kappa shape index (κ2) is 12.9. The third-order valence-corrected chi connectivity index (χ3v) is 3.33. The molecule has 1 aromatic rings. The number of hydrogen-bond donors (Lipinski definition) is 1. The van der Waals surface area contributed by atoms with Crippen LogP contribution in [0.2, 0.25) is 0 Å². The molecule has 0 aliphatic carbocycles. The first kappa shape index (κ1) is 20.6. The van der Waals surface area contributed by atoms with Crippen LogP contribution < -0.4 is 0 Å². The highest BCUT2D eigenvalue weighted by molar-refractivity contribution is 5.14. The zero-order chi connectivity index (χ0) is 17.6. The van der Waals surface area contributed by atoms with E-state index in [0.29, 0.717) is 32.8 Å². The van der Waals surface area contributed by atoms with Crippen molar-refractivity contribution in [3.05, 3.63) is 35.9 Å². The van der Waals surface area contributed by atoms with Crippen molar-refractivity contribution in [1.29, 1.82) is 0 Å². The quantitative estimate of drug-likeness (QED) is 0.339. The van der Waals surface area contributed by atoms with Crippen LogP contribution in [0.15, 0.2) is 30.3 Å². The predicted octanol–water partition coefficient (Wildman–Crippen LogP) is 1.90. The minimum atomic E-state index is -0.619. The summed E-state index contributed by atoms with van der Waals surface area (Å²) in [5.74, 6) is 2.39. The first-order valence-electron chi connectivity index (χ1n) is 8.38. The van der Waals surface area contributed by atoms with Crippen molar-refractivity contribution in [2.24, 2.45) is 0 Å². The summed E-state index contributed by atoms with van der Waals surface area (Å²) < 4.78 is 16.5. The van der Waals surface area contributed by atoms with Gasteiger partial charge in [0.1, 0.15) is 6.61 Å². The lowest BCUT2D eigenvalue weighted by Gasteiger charge is -2.29. The lowest BCUT2D eigenvalue weighted by molar-refractivity contribution is -0.150. The van der Waals surface area contributed by atoms with Gasteiger partial charge in [0.25, 0.3) is 0 Å². The maximum atomic E-state index is 10.2. The van der Waals surface area contributed by atoms with Crippen LogP contribution in [0, 0.1) is 12.3 Å². The highest BCUT2D eigenvalue weighted by atomic mass is 16.7. The van der Waals surface area contributed by atoms with Crippen LogP contribution >= 0.6 is 0 Å². The third-order valence-electron chi connectivity index (χ3n) is 3.33. The molecule has 5 heteroatoms. The van der Waals surface area contributed by atoms with Gasteiger partial charge in [0.05, 0.1) is 12.7 Å². The number of benzene rings is 1. The predicted molar refractivity (Wildman–Crippen MR) is 94.4 cm³/mol. The molecule has 1 aromatic carbocycles. The fourth-order valence-electron chi connectivity index (χ4n) is 2.39. The molecule has 1 unspecified atom stereocenters. The molecule has 24 heavy (non-hydrogen) atoms. The number of nitrogens with zero attached hydrogens (tertiary/aromatic N) is 1. The van der Waals surface area contributed by atoms with E-state index in [-0.39, 0.29) is 19.5 Å². The Bertz CT molecular complexity index is 454. The minimum absolute atomic E-state index is 0.205. The number of ether oxygens (including phenoxy) is 3. The number of terminal acetylenes is 1. The fourth-order valence-corrected chi connectivity index (χ4v) is 2.39. The van der Waals surface area contributed by atoms with E-state index in [9.17, 15) is 5.11 Å². The Hall–Kier alpha value is -1.42. The molecule has 5 nitrogen and oxygen atoms in total. The smallest absolute Gasteiger partial charge is 0.170 e. The fraction of sp³-hybridized carbons (Fsp3) is 0.579. The van der Waals surface area contributed by atoms with Gasteiger partial charge in [-0.2, -0.15) is 0 Å². The molecule has 0 aliphatic heterocycles. The lowest BCUT2D eigenvalue weighted by Crippen LogP contribution is -2.41. The number of rotatable bonds is 13. The van der Waals surface area contributed by atoms with Gasteiger partial charge in [0.2, 0.25) is 0 Å². The van der Waals surface area contributed by atoms with Crippen LogP contribution in [-0.4, -0.2) is 61.9 Å². The highest BCUT2D eigenvalue weighted by Gasteiger charge is 2.18. The molecule has 0 aromatic heterocycles. The highest BCUT2D eigenvalue weighted by Crippen LogP contribution is 2.09. The van der Waals surface area contributed by atoms with Gasteiger partial charge in [-0.3, -0.25) is 4.90 Å². The van der Waals surface area contributed by atoms with E-state index >= 15 is 0 Å². The Balaban J connectivity index is 2.65. The standard InChI is InChI=1S/C19H29NO4/c1-4-12-22-16-18(21)14-20(13-17-10-8-7-9-11-17)15-19(23-5-2)24-6-3/h1,7-11,18-19,21H,5-6,12-16H2,2-3H3. The van der Waals surface area contributed by atoms with Crippen molar-refractivity contribution in [1.82, 2.24) is 4.90 Å². The number of hydrogen-bond acceptors (Lipinski definition) is 5. The Morgan fingerprint density at radius 3 is 2.38 bits per heavy atom. The third kappa shape index (κ3) is 9.02. The van der Waals surface area contributed by atoms with Crippen LogP contribution in [0.1, 0.15) is 19.4 Å². The average Bonchev–Trinajstić information content (AvgIpc) is 2.56. The van der Waals surface area contributed by atoms with E-state index in [1.807, 2.05) is 32.0 Å². The van der Waals surface area contributed by atoms with E-state index in [2.05, 4.69) is 23.0 Å². The molecular formula is C19H29NO4. The van der Waals surface area contributed by atoms with Crippen molar-refractivity contribution < 1.29 is 19.3 Å². The SMILES string of the molecule is C#CCOCC(O)CN(Cc1ccccc1)CC(OCC)OCC. The van der Waals surface area contributed by atoms with Gasteiger partial charge in [-0.1, -0.05) is 36.3 Å². The van der Waals surface area contributed by atoms with E-state index in [4.69, 9.17) is 20.6 Å². The molecule has 0 amide bonds. The molecule has 1 N–H and O–H groups in total. The summed E-state index contributed by atoms with van der Waals surface area (Å²) in [5.41, 5.74) is 1.17. The molecular weight excluding hydrogens is 306 g/mol.